The van der Waals surface area contributed by atoms with E-state index in [0.717, 1.165) is 5.56 Å². The molecule has 0 spiro atoms. The van der Waals surface area contributed by atoms with Gasteiger partial charge in [0.15, 0.2) is 0 Å². The van der Waals surface area contributed by atoms with Crippen LogP contribution >= 0.6 is 0 Å². The molecular formula is C14H24N2O4S. The number of rotatable bonds is 7. The number of nitrogens with two attached hydrogens (primary N) is 1. The van der Waals surface area contributed by atoms with Gasteiger partial charge in [0.25, 0.3) is 0 Å². The van der Waals surface area contributed by atoms with Crippen molar-refractivity contribution in [3.63, 3.8) is 0 Å². The van der Waals surface area contributed by atoms with Crippen molar-refractivity contribution in [3.05, 3.63) is 22.8 Å². The minimum absolute atomic E-state index is 0.138. The predicted molar refractivity (Wildman–Crippen MR) is 82.8 cm³/mol. The fourth-order valence-electron chi connectivity index (χ4n) is 2.30. The summed E-state index contributed by atoms with van der Waals surface area (Å²) in [7, 11) is -2.17. The summed E-state index contributed by atoms with van der Waals surface area (Å²) in [5.74, 6) is 0. The lowest BCUT2D eigenvalue weighted by Gasteiger charge is -2.16. The van der Waals surface area contributed by atoms with Gasteiger partial charge in [0.1, 0.15) is 0 Å². The Hall–Kier alpha value is -1.15. The van der Waals surface area contributed by atoms with E-state index in [1.54, 1.807) is 19.9 Å². The van der Waals surface area contributed by atoms with Gasteiger partial charge in [0.2, 0.25) is 10.0 Å². The Morgan fingerprint density at radius 1 is 1.33 bits per heavy atom. The largest absolute Gasteiger partial charge is 0.398 e. The van der Waals surface area contributed by atoms with E-state index in [0.29, 0.717) is 16.8 Å². The number of aliphatic hydroxyl groups is 1. The smallest absolute Gasteiger partial charge is 0.241 e. The zero-order chi connectivity index (χ0) is 16.2. The van der Waals surface area contributed by atoms with Crippen molar-refractivity contribution >= 4 is 15.7 Å². The Balaban J connectivity index is 2.92. The first-order valence-electron chi connectivity index (χ1n) is 6.73. The summed E-state index contributed by atoms with van der Waals surface area (Å²) in [4.78, 5) is 0.215. The van der Waals surface area contributed by atoms with E-state index in [2.05, 4.69) is 4.72 Å². The molecular weight excluding hydrogens is 292 g/mol. The Morgan fingerprint density at radius 3 is 2.52 bits per heavy atom. The van der Waals surface area contributed by atoms with E-state index in [1.807, 2.05) is 6.92 Å². The van der Waals surface area contributed by atoms with Crippen LogP contribution in [0, 0.1) is 20.8 Å². The third-order valence-corrected chi connectivity index (χ3v) is 5.11. The molecule has 0 aromatic heterocycles. The van der Waals surface area contributed by atoms with E-state index in [9.17, 15) is 13.5 Å². The molecule has 4 N–H and O–H groups in total. The monoisotopic (exact) mass is 316 g/mol. The fourth-order valence-corrected chi connectivity index (χ4v) is 3.83. The van der Waals surface area contributed by atoms with Crippen LogP contribution in [0.15, 0.2) is 11.0 Å². The van der Waals surface area contributed by atoms with Gasteiger partial charge in [-0.05, 0) is 43.9 Å². The normalized spacial score (nSPS) is 13.4. The van der Waals surface area contributed by atoms with E-state index in [1.165, 1.54) is 7.11 Å². The number of nitrogen functional groups attached to an aromatic ring is 1. The Labute approximate surface area is 126 Å². The summed E-state index contributed by atoms with van der Waals surface area (Å²) in [5, 5.41) is 9.53. The molecule has 6 nitrogen and oxygen atoms in total. The maximum Gasteiger partial charge on any atom is 0.241 e. The van der Waals surface area contributed by atoms with Crippen molar-refractivity contribution in [2.45, 2.75) is 38.2 Å². The minimum Gasteiger partial charge on any atom is -0.398 e. The van der Waals surface area contributed by atoms with Gasteiger partial charge in [-0.25, -0.2) is 13.1 Å². The number of benzene rings is 1. The van der Waals surface area contributed by atoms with Gasteiger partial charge < -0.3 is 15.6 Å². The lowest BCUT2D eigenvalue weighted by molar-refractivity contribution is 0.0603. The summed E-state index contributed by atoms with van der Waals surface area (Å²) in [6.07, 6.45) is -0.407. The number of ether oxygens (including phenoxy) is 1. The van der Waals surface area contributed by atoms with Gasteiger partial charge in [-0.3, -0.25) is 0 Å². The van der Waals surface area contributed by atoms with Crippen LogP contribution in [0.5, 0.6) is 0 Å². The van der Waals surface area contributed by atoms with Gasteiger partial charge in [-0.1, -0.05) is 6.07 Å². The van der Waals surface area contributed by atoms with E-state index < -0.39 is 16.1 Å². The van der Waals surface area contributed by atoms with Crippen LogP contribution in [0.1, 0.15) is 23.1 Å². The van der Waals surface area contributed by atoms with Gasteiger partial charge in [-0.15, -0.1) is 0 Å². The second-order valence-electron chi connectivity index (χ2n) is 5.17. The first kappa shape index (κ1) is 17.9. The fraction of sp³-hybridized carbons (Fsp3) is 0.571. The molecule has 0 saturated heterocycles. The van der Waals surface area contributed by atoms with Crippen LogP contribution in [0.2, 0.25) is 0 Å². The number of methoxy groups -OCH3 is 1. The molecule has 1 aromatic rings. The lowest BCUT2D eigenvalue weighted by Crippen LogP contribution is -2.29. The van der Waals surface area contributed by atoms with Crippen LogP contribution in [0.3, 0.4) is 0 Å². The molecule has 0 fully saturated rings. The molecule has 0 bridgehead atoms. The highest BCUT2D eigenvalue weighted by molar-refractivity contribution is 7.89. The van der Waals surface area contributed by atoms with E-state index >= 15 is 0 Å². The Morgan fingerprint density at radius 2 is 1.95 bits per heavy atom. The second-order valence-corrected chi connectivity index (χ2v) is 6.88. The van der Waals surface area contributed by atoms with Gasteiger partial charge >= 0.3 is 0 Å². The summed E-state index contributed by atoms with van der Waals surface area (Å²) < 4.78 is 32.1. The molecule has 1 rings (SSSR count). The molecule has 0 aliphatic carbocycles. The average Bonchev–Trinajstić information content (AvgIpc) is 2.35. The van der Waals surface area contributed by atoms with Crippen molar-refractivity contribution in [1.82, 2.24) is 4.72 Å². The number of hydrogen-bond donors (Lipinski definition) is 3. The first-order valence-corrected chi connectivity index (χ1v) is 8.22. The number of nitrogens with one attached hydrogen (secondary N) is 1. The number of aryl methyl sites for hydroxylation is 2. The number of anilines is 1. The van der Waals surface area contributed by atoms with Crippen molar-refractivity contribution in [1.29, 1.82) is 0 Å². The molecule has 0 aliphatic rings. The maximum atomic E-state index is 12.4. The second kappa shape index (κ2) is 7.22. The van der Waals surface area contributed by atoms with Gasteiger partial charge in [0, 0.05) is 19.3 Å². The molecule has 0 amide bonds. The quantitative estimate of drug-likeness (QED) is 0.648. The van der Waals surface area contributed by atoms with Crippen LogP contribution < -0.4 is 10.5 Å². The van der Waals surface area contributed by atoms with E-state index in [4.69, 9.17) is 10.5 Å². The Kier molecular flexibility index (Phi) is 6.15. The zero-order valence-electron chi connectivity index (χ0n) is 12.9. The topological polar surface area (TPSA) is 102 Å². The van der Waals surface area contributed by atoms with Crippen LogP contribution in [0.4, 0.5) is 5.69 Å². The molecule has 0 saturated carbocycles. The third-order valence-electron chi connectivity index (χ3n) is 3.36. The zero-order valence-corrected chi connectivity index (χ0v) is 13.8. The molecule has 0 aliphatic heterocycles. The van der Waals surface area contributed by atoms with Gasteiger partial charge in [-0.2, -0.15) is 0 Å². The highest BCUT2D eigenvalue weighted by Crippen LogP contribution is 2.27. The molecule has 0 radical (unpaired) electrons. The highest BCUT2D eigenvalue weighted by atomic mass is 32.2. The molecule has 120 valence electrons. The average molecular weight is 316 g/mol. The maximum absolute atomic E-state index is 12.4. The standard InChI is InChI=1S/C14H24N2O4S/c1-9-7-10(2)14(11(3)13(9)15)21(18,19)16-6-5-12(17)8-20-4/h7,12,16-17H,5-6,8,15H2,1-4H3. The first-order chi connectivity index (χ1) is 9.70. The predicted octanol–water partition coefficient (Wildman–Crippen LogP) is 0.870. The highest BCUT2D eigenvalue weighted by Gasteiger charge is 2.21. The number of aliphatic hydroxyl groups excluding tert-OH is 1. The molecule has 21 heavy (non-hydrogen) atoms. The van der Waals surface area contributed by atoms with Gasteiger partial charge in [0.05, 0.1) is 17.6 Å². The lowest BCUT2D eigenvalue weighted by atomic mass is 10.1. The van der Waals surface area contributed by atoms with Crippen molar-refractivity contribution in [2.75, 3.05) is 26.0 Å². The molecule has 0 heterocycles. The number of hydrogen-bond acceptors (Lipinski definition) is 5. The molecule has 1 unspecified atom stereocenters. The third kappa shape index (κ3) is 4.41. The van der Waals surface area contributed by atoms with Crippen molar-refractivity contribution < 1.29 is 18.3 Å². The summed E-state index contributed by atoms with van der Waals surface area (Å²) in [6.45, 7) is 5.61. The Bertz CT molecular complexity index is 599. The van der Waals surface area contributed by atoms with Crippen molar-refractivity contribution in [3.8, 4) is 0 Å². The molecule has 1 aromatic carbocycles. The van der Waals surface area contributed by atoms with Crippen LogP contribution in [-0.2, 0) is 14.8 Å². The summed E-state index contributed by atoms with van der Waals surface area (Å²) in [5.41, 5.74) is 8.47. The SMILES string of the molecule is COCC(O)CCNS(=O)(=O)c1c(C)cc(C)c(N)c1C. The van der Waals surface area contributed by atoms with E-state index in [-0.39, 0.29) is 24.5 Å². The molecule has 7 heteroatoms. The van der Waals surface area contributed by atoms with Crippen molar-refractivity contribution in [2.24, 2.45) is 0 Å². The van der Waals surface area contributed by atoms with Crippen LogP contribution in [0.25, 0.3) is 0 Å². The molecule has 1 atom stereocenters. The summed E-state index contributed by atoms with van der Waals surface area (Å²) in [6, 6.07) is 1.76. The minimum atomic E-state index is -3.65. The van der Waals surface area contributed by atoms with Crippen LogP contribution in [-0.4, -0.2) is 39.9 Å². The summed E-state index contributed by atoms with van der Waals surface area (Å²) >= 11 is 0. The number of sulfonamides is 1.